The average Bonchev–Trinajstić information content (AvgIpc) is 3.00. The first kappa shape index (κ1) is 15.8. The topological polar surface area (TPSA) is 83.1 Å². The van der Waals surface area contributed by atoms with E-state index in [-0.39, 0.29) is 5.91 Å². The van der Waals surface area contributed by atoms with Crippen molar-refractivity contribution in [2.24, 2.45) is 0 Å². The molecule has 0 aliphatic carbocycles. The lowest BCUT2D eigenvalue weighted by Crippen LogP contribution is -2.45. The van der Waals surface area contributed by atoms with Gasteiger partial charge in [0.15, 0.2) is 18.0 Å². The summed E-state index contributed by atoms with van der Waals surface area (Å²) in [5.41, 5.74) is 0.740. The third kappa shape index (κ3) is 2.77. The van der Waals surface area contributed by atoms with Crippen molar-refractivity contribution in [1.29, 1.82) is 0 Å². The minimum atomic E-state index is -1.13. The number of rotatable bonds is 3. The summed E-state index contributed by atoms with van der Waals surface area (Å²) < 4.78 is 21.7. The predicted molar refractivity (Wildman–Crippen MR) is 78.7 cm³/mol. The molecule has 0 saturated carbocycles. The highest BCUT2D eigenvalue weighted by atomic mass is 16.8. The molecule has 7 heteroatoms. The number of hydrogen-bond acceptors (Lipinski definition) is 6. The lowest BCUT2D eigenvalue weighted by Gasteiger charge is -2.30. The summed E-state index contributed by atoms with van der Waals surface area (Å²) in [5.74, 6) is -1.42. The first-order chi connectivity index (χ1) is 11.1. The van der Waals surface area contributed by atoms with E-state index in [0.29, 0.717) is 25.1 Å². The number of esters is 1. The van der Waals surface area contributed by atoms with Crippen LogP contribution in [-0.2, 0) is 29.6 Å². The molecule has 2 aliphatic rings. The van der Waals surface area contributed by atoms with Crippen molar-refractivity contribution in [3.63, 3.8) is 0 Å². The van der Waals surface area contributed by atoms with E-state index in [1.807, 2.05) is 12.1 Å². The number of ether oxygens (including phenoxy) is 4. The van der Waals surface area contributed by atoms with Crippen molar-refractivity contribution in [1.82, 2.24) is 5.32 Å². The number of hydrogen-bond donors (Lipinski definition) is 1. The number of benzene rings is 1. The van der Waals surface area contributed by atoms with Crippen LogP contribution in [0, 0.1) is 0 Å². The van der Waals surface area contributed by atoms with Crippen LogP contribution in [0.1, 0.15) is 18.4 Å². The number of nitrogens with one attached hydrogen (secondary N) is 1. The summed E-state index contributed by atoms with van der Waals surface area (Å²) in [5, 5.41) is 2.74. The standard InChI is InChI=1S/C16H19NO6/c1-20-11-6-4-10(5-7-11)16-8-3-9-17-14(18)12(22-16)13(23-16)15(19)21-2/h4-7,12-13H,3,8-9H2,1-2H3,(H,17,18)/t12-,13-,16-/m1/s1. The fourth-order valence-electron chi connectivity index (χ4n) is 2.92. The molecular weight excluding hydrogens is 302 g/mol. The molecule has 3 rings (SSSR count). The SMILES string of the molecule is COC(=O)[C@@H]1O[C@@]2(c3ccc(OC)cc3)CCCNC(=O)[C@@H]1O2. The van der Waals surface area contributed by atoms with E-state index >= 15 is 0 Å². The van der Waals surface area contributed by atoms with E-state index < -0.39 is 24.0 Å². The minimum absolute atomic E-state index is 0.365. The number of carbonyl (C=O) groups excluding carboxylic acids is 2. The highest BCUT2D eigenvalue weighted by Gasteiger charge is 2.55. The highest BCUT2D eigenvalue weighted by molar-refractivity contribution is 5.89. The lowest BCUT2D eigenvalue weighted by molar-refractivity contribution is -0.198. The molecule has 2 aliphatic heterocycles. The van der Waals surface area contributed by atoms with Crippen LogP contribution in [0.2, 0.25) is 0 Å². The van der Waals surface area contributed by atoms with Gasteiger partial charge in [0.1, 0.15) is 5.75 Å². The Bertz CT molecular complexity index is 601. The summed E-state index contributed by atoms with van der Waals surface area (Å²) in [7, 11) is 2.84. The monoisotopic (exact) mass is 321 g/mol. The van der Waals surface area contributed by atoms with Crippen LogP contribution in [0.25, 0.3) is 0 Å². The van der Waals surface area contributed by atoms with Gasteiger partial charge in [0.05, 0.1) is 14.2 Å². The third-order valence-electron chi connectivity index (χ3n) is 4.11. The Kier molecular flexibility index (Phi) is 4.23. The maximum Gasteiger partial charge on any atom is 0.338 e. The normalized spacial score (nSPS) is 30.1. The maximum absolute atomic E-state index is 12.2. The van der Waals surface area contributed by atoms with Gasteiger partial charge >= 0.3 is 5.97 Å². The molecule has 0 radical (unpaired) electrons. The molecule has 0 unspecified atom stereocenters. The Morgan fingerprint density at radius 2 is 2.00 bits per heavy atom. The molecule has 23 heavy (non-hydrogen) atoms. The molecule has 0 spiro atoms. The van der Waals surface area contributed by atoms with Crippen molar-refractivity contribution in [2.75, 3.05) is 20.8 Å². The van der Waals surface area contributed by atoms with Crippen molar-refractivity contribution in [3.05, 3.63) is 29.8 Å². The third-order valence-corrected chi connectivity index (χ3v) is 4.11. The van der Waals surface area contributed by atoms with Crippen LogP contribution in [0.15, 0.2) is 24.3 Å². The van der Waals surface area contributed by atoms with Crippen LogP contribution in [0.4, 0.5) is 0 Å². The zero-order chi connectivity index (χ0) is 16.4. The van der Waals surface area contributed by atoms with Gasteiger partial charge in [-0.25, -0.2) is 4.79 Å². The van der Waals surface area contributed by atoms with E-state index in [9.17, 15) is 9.59 Å². The van der Waals surface area contributed by atoms with Gasteiger partial charge in [-0.3, -0.25) is 4.79 Å². The van der Waals surface area contributed by atoms with Crippen LogP contribution in [-0.4, -0.2) is 44.8 Å². The first-order valence-electron chi connectivity index (χ1n) is 7.45. The number of amides is 1. The van der Waals surface area contributed by atoms with Crippen molar-refractivity contribution < 1.29 is 28.5 Å². The Morgan fingerprint density at radius 3 is 2.65 bits per heavy atom. The predicted octanol–water partition coefficient (Wildman–Crippen LogP) is 0.715. The summed E-state index contributed by atoms with van der Waals surface area (Å²) in [4.78, 5) is 24.2. The van der Waals surface area contributed by atoms with Gasteiger partial charge in [-0.15, -0.1) is 0 Å². The summed E-state index contributed by atoms with van der Waals surface area (Å²) in [6.07, 6.45) is -0.924. The van der Waals surface area contributed by atoms with E-state index in [1.165, 1.54) is 7.11 Å². The summed E-state index contributed by atoms with van der Waals surface area (Å²) >= 11 is 0. The second-order valence-electron chi connectivity index (χ2n) is 5.48. The second-order valence-corrected chi connectivity index (χ2v) is 5.48. The number of fused-ring (bicyclic) bond motifs is 2. The van der Waals surface area contributed by atoms with E-state index in [4.69, 9.17) is 18.9 Å². The van der Waals surface area contributed by atoms with Gasteiger partial charge in [-0.1, -0.05) is 0 Å². The Labute approximate surface area is 133 Å². The van der Waals surface area contributed by atoms with Crippen LogP contribution < -0.4 is 10.1 Å². The van der Waals surface area contributed by atoms with Gasteiger partial charge in [0.25, 0.3) is 5.91 Å². The minimum Gasteiger partial charge on any atom is -0.497 e. The Morgan fingerprint density at radius 1 is 1.26 bits per heavy atom. The van der Waals surface area contributed by atoms with Crippen LogP contribution >= 0.6 is 0 Å². The number of carbonyl (C=O) groups is 2. The molecular formula is C16H19NO6. The molecule has 3 atom stereocenters. The van der Waals surface area contributed by atoms with Gasteiger partial charge < -0.3 is 24.3 Å². The van der Waals surface area contributed by atoms with Gasteiger partial charge in [0.2, 0.25) is 0 Å². The maximum atomic E-state index is 12.2. The van der Waals surface area contributed by atoms with Gasteiger partial charge in [0, 0.05) is 18.5 Å². The van der Waals surface area contributed by atoms with Crippen LogP contribution in [0.5, 0.6) is 5.75 Å². The number of methoxy groups -OCH3 is 2. The van der Waals surface area contributed by atoms with Crippen molar-refractivity contribution >= 4 is 11.9 Å². The largest absolute Gasteiger partial charge is 0.497 e. The molecule has 1 aromatic rings. The quantitative estimate of drug-likeness (QED) is 0.826. The van der Waals surface area contributed by atoms with Gasteiger partial charge in [-0.2, -0.15) is 0 Å². The fraction of sp³-hybridized carbons (Fsp3) is 0.500. The molecule has 7 nitrogen and oxygen atoms in total. The Hall–Kier alpha value is -2.12. The van der Waals surface area contributed by atoms with Crippen molar-refractivity contribution in [2.45, 2.75) is 30.8 Å². The second kappa shape index (κ2) is 6.17. The molecule has 2 fully saturated rings. The van der Waals surface area contributed by atoms with Crippen molar-refractivity contribution in [3.8, 4) is 5.75 Å². The van der Waals surface area contributed by atoms with E-state index in [1.54, 1.807) is 19.2 Å². The molecule has 1 aromatic carbocycles. The summed E-state index contributed by atoms with van der Waals surface area (Å²) in [6, 6.07) is 7.20. The molecule has 2 saturated heterocycles. The molecule has 1 N–H and O–H groups in total. The lowest BCUT2D eigenvalue weighted by atomic mass is 10.00. The van der Waals surface area contributed by atoms with Crippen LogP contribution in [0.3, 0.4) is 0 Å². The zero-order valence-corrected chi connectivity index (χ0v) is 13.0. The van der Waals surface area contributed by atoms with E-state index in [0.717, 1.165) is 5.56 Å². The average molecular weight is 321 g/mol. The van der Waals surface area contributed by atoms with Gasteiger partial charge in [-0.05, 0) is 30.7 Å². The molecule has 2 bridgehead atoms. The molecule has 124 valence electrons. The highest BCUT2D eigenvalue weighted by Crippen LogP contribution is 2.43. The van der Waals surface area contributed by atoms with E-state index in [2.05, 4.69) is 5.32 Å². The molecule has 1 amide bonds. The first-order valence-corrected chi connectivity index (χ1v) is 7.45. The molecule has 2 heterocycles. The zero-order valence-electron chi connectivity index (χ0n) is 13.0. The Balaban J connectivity index is 1.97. The fourth-order valence-corrected chi connectivity index (χ4v) is 2.92. The summed E-state index contributed by atoms with van der Waals surface area (Å²) in [6.45, 7) is 0.508. The molecule has 0 aromatic heterocycles. The smallest absolute Gasteiger partial charge is 0.338 e.